The maximum absolute atomic E-state index is 5.94. The first-order valence-corrected chi connectivity index (χ1v) is 5.78. The van der Waals surface area contributed by atoms with Crippen LogP contribution >= 0.6 is 0 Å². The number of piperidine rings is 1. The number of likely N-dealkylation sites (tertiary alicyclic amines) is 1. The topological polar surface area (TPSA) is 50.3 Å². The van der Waals surface area contributed by atoms with Crippen molar-refractivity contribution in [1.82, 2.24) is 14.7 Å². The highest BCUT2D eigenvalue weighted by atomic mass is 15.3. The van der Waals surface area contributed by atoms with Gasteiger partial charge in [0.05, 0.1) is 5.69 Å². The highest BCUT2D eigenvalue weighted by Crippen LogP contribution is 2.24. The minimum absolute atomic E-state index is 0.563. The average molecular weight is 223 g/mol. The largest absolute Gasteiger partial charge is 0.394 e. The van der Waals surface area contributed by atoms with Crippen LogP contribution in [0.25, 0.3) is 0 Å². The summed E-state index contributed by atoms with van der Waals surface area (Å²) in [5.74, 6) is 0.914. The lowest BCUT2D eigenvalue weighted by Gasteiger charge is -2.35. The summed E-state index contributed by atoms with van der Waals surface area (Å²) < 4.78 is 1.77. The van der Waals surface area contributed by atoms with Gasteiger partial charge in [0.15, 0.2) is 5.82 Å². The minimum Gasteiger partial charge on any atom is -0.394 e. The zero-order chi connectivity index (χ0) is 11.7. The third kappa shape index (κ3) is 2.14. The Labute approximate surface area is 96.8 Å². The van der Waals surface area contributed by atoms with E-state index in [-0.39, 0.29) is 0 Å². The van der Waals surface area contributed by atoms with E-state index in [1.54, 1.807) is 4.68 Å². The molecule has 1 aliphatic heterocycles. The van der Waals surface area contributed by atoms with Crippen LogP contribution in [-0.4, -0.2) is 47.9 Å². The van der Waals surface area contributed by atoms with Crippen LogP contribution in [-0.2, 0) is 7.05 Å². The molecule has 2 heterocycles. The fourth-order valence-corrected chi connectivity index (χ4v) is 2.32. The van der Waals surface area contributed by atoms with Gasteiger partial charge in [-0.25, -0.2) is 0 Å². The second-order valence-electron chi connectivity index (χ2n) is 4.73. The molecule has 0 aromatic carbocycles. The molecule has 0 spiro atoms. The molecule has 1 aromatic rings. The Bertz CT molecular complexity index is 351. The van der Waals surface area contributed by atoms with Gasteiger partial charge in [0.25, 0.3) is 0 Å². The maximum atomic E-state index is 5.94. The Kier molecular flexibility index (Phi) is 3.05. The molecule has 0 radical (unpaired) electrons. The molecule has 1 aromatic heterocycles. The first-order valence-electron chi connectivity index (χ1n) is 5.78. The summed E-state index contributed by atoms with van der Waals surface area (Å²) in [5.41, 5.74) is 6.71. The Morgan fingerprint density at radius 3 is 2.50 bits per heavy atom. The molecule has 1 aliphatic rings. The normalized spacial score (nSPS) is 18.9. The van der Waals surface area contributed by atoms with Crippen molar-refractivity contribution in [2.45, 2.75) is 18.9 Å². The molecule has 5 heteroatoms. The Morgan fingerprint density at radius 1 is 1.38 bits per heavy atom. The summed E-state index contributed by atoms with van der Waals surface area (Å²) in [7, 11) is 6.17. The molecule has 2 rings (SSSR count). The molecule has 2 N–H and O–H groups in total. The van der Waals surface area contributed by atoms with Crippen LogP contribution < -0.4 is 10.6 Å². The monoisotopic (exact) mass is 223 g/mol. The molecule has 0 aliphatic carbocycles. The summed E-state index contributed by atoms with van der Waals surface area (Å²) in [5, 5.41) is 4.41. The van der Waals surface area contributed by atoms with Crippen molar-refractivity contribution in [3.8, 4) is 0 Å². The van der Waals surface area contributed by atoms with Gasteiger partial charge in [0.1, 0.15) is 0 Å². The number of nitrogens with two attached hydrogens (primary N) is 1. The van der Waals surface area contributed by atoms with Crippen LogP contribution in [0, 0.1) is 0 Å². The molecule has 16 heavy (non-hydrogen) atoms. The fraction of sp³-hybridized carbons (Fsp3) is 0.727. The van der Waals surface area contributed by atoms with Crippen molar-refractivity contribution in [3.63, 3.8) is 0 Å². The van der Waals surface area contributed by atoms with Crippen molar-refractivity contribution in [2.75, 3.05) is 37.8 Å². The number of rotatable bonds is 2. The molecule has 1 fully saturated rings. The second-order valence-corrected chi connectivity index (χ2v) is 4.73. The third-order valence-electron chi connectivity index (χ3n) is 3.41. The minimum atomic E-state index is 0.563. The molecule has 5 nitrogen and oxygen atoms in total. The number of aromatic nitrogens is 2. The molecular weight excluding hydrogens is 202 g/mol. The van der Waals surface area contributed by atoms with E-state index in [0.29, 0.717) is 6.04 Å². The van der Waals surface area contributed by atoms with Crippen molar-refractivity contribution in [3.05, 3.63) is 6.20 Å². The average Bonchev–Trinajstić information content (AvgIpc) is 2.58. The van der Waals surface area contributed by atoms with Crippen molar-refractivity contribution in [2.24, 2.45) is 7.05 Å². The van der Waals surface area contributed by atoms with Crippen molar-refractivity contribution >= 4 is 11.5 Å². The van der Waals surface area contributed by atoms with Crippen molar-refractivity contribution < 1.29 is 0 Å². The van der Waals surface area contributed by atoms with E-state index < -0.39 is 0 Å². The van der Waals surface area contributed by atoms with Gasteiger partial charge < -0.3 is 15.5 Å². The van der Waals surface area contributed by atoms with Crippen molar-refractivity contribution in [1.29, 1.82) is 0 Å². The standard InChI is InChI=1S/C11H21N5/c1-14-6-4-9(5-7-14)16(3)11-10(12)8-15(2)13-11/h8-9H,4-7,12H2,1-3H3. The lowest BCUT2D eigenvalue weighted by molar-refractivity contribution is 0.252. The van der Waals surface area contributed by atoms with Gasteiger partial charge in [-0.15, -0.1) is 0 Å². The van der Waals surface area contributed by atoms with Gasteiger partial charge in [0, 0.05) is 26.3 Å². The molecule has 1 saturated heterocycles. The highest BCUT2D eigenvalue weighted by Gasteiger charge is 2.23. The maximum Gasteiger partial charge on any atom is 0.173 e. The zero-order valence-corrected chi connectivity index (χ0v) is 10.3. The predicted octanol–water partition coefficient (Wildman–Crippen LogP) is 0.533. The first kappa shape index (κ1) is 11.3. The van der Waals surface area contributed by atoms with Crippen LogP contribution in [0.1, 0.15) is 12.8 Å². The number of nitrogen functional groups attached to an aromatic ring is 1. The van der Waals surface area contributed by atoms with Crippen LogP contribution in [0.5, 0.6) is 0 Å². The Morgan fingerprint density at radius 2 is 2.00 bits per heavy atom. The lowest BCUT2D eigenvalue weighted by atomic mass is 10.0. The zero-order valence-electron chi connectivity index (χ0n) is 10.3. The number of hydrogen-bond donors (Lipinski definition) is 1. The van der Waals surface area contributed by atoms with E-state index in [2.05, 4.69) is 29.0 Å². The quantitative estimate of drug-likeness (QED) is 0.794. The molecule has 0 saturated carbocycles. The Balaban J connectivity index is 2.07. The van der Waals surface area contributed by atoms with E-state index in [9.17, 15) is 0 Å². The predicted molar refractivity (Wildman–Crippen MR) is 66.5 cm³/mol. The van der Waals surface area contributed by atoms with Crippen LogP contribution in [0.3, 0.4) is 0 Å². The van der Waals surface area contributed by atoms with Crippen LogP contribution in [0.2, 0.25) is 0 Å². The third-order valence-corrected chi connectivity index (χ3v) is 3.41. The van der Waals surface area contributed by atoms with Gasteiger partial charge in [-0.3, -0.25) is 4.68 Å². The number of aryl methyl sites for hydroxylation is 1. The van der Waals surface area contributed by atoms with E-state index in [0.717, 1.165) is 24.6 Å². The summed E-state index contributed by atoms with van der Waals surface area (Å²) in [6.45, 7) is 2.31. The SMILES string of the molecule is CN1CCC(N(C)c2nn(C)cc2N)CC1. The van der Waals surface area contributed by atoms with E-state index in [4.69, 9.17) is 5.73 Å². The lowest BCUT2D eigenvalue weighted by Crippen LogP contribution is -2.42. The van der Waals surface area contributed by atoms with E-state index in [1.807, 2.05) is 13.2 Å². The number of nitrogens with zero attached hydrogens (tertiary/aromatic N) is 4. The van der Waals surface area contributed by atoms with Gasteiger partial charge >= 0.3 is 0 Å². The summed E-state index contributed by atoms with van der Waals surface area (Å²) >= 11 is 0. The fourth-order valence-electron chi connectivity index (χ4n) is 2.32. The first-order chi connectivity index (χ1) is 7.58. The summed E-state index contributed by atoms with van der Waals surface area (Å²) in [4.78, 5) is 4.59. The van der Waals surface area contributed by atoms with E-state index >= 15 is 0 Å². The van der Waals surface area contributed by atoms with Gasteiger partial charge in [-0.1, -0.05) is 0 Å². The molecule has 90 valence electrons. The molecule has 0 amide bonds. The Hall–Kier alpha value is -1.23. The number of hydrogen-bond acceptors (Lipinski definition) is 4. The molecule has 0 atom stereocenters. The van der Waals surface area contributed by atoms with Gasteiger partial charge in [-0.2, -0.15) is 5.10 Å². The summed E-state index contributed by atoms with van der Waals surface area (Å²) in [6.07, 6.45) is 4.23. The molecular formula is C11H21N5. The molecule has 0 bridgehead atoms. The smallest absolute Gasteiger partial charge is 0.173 e. The summed E-state index contributed by atoms with van der Waals surface area (Å²) in [6, 6.07) is 0.563. The molecule has 0 unspecified atom stereocenters. The van der Waals surface area contributed by atoms with Gasteiger partial charge in [-0.05, 0) is 33.0 Å². The number of anilines is 2. The van der Waals surface area contributed by atoms with Crippen LogP contribution in [0.15, 0.2) is 6.20 Å². The highest BCUT2D eigenvalue weighted by molar-refractivity contribution is 5.61. The second kappa shape index (κ2) is 4.33. The van der Waals surface area contributed by atoms with Gasteiger partial charge in [0.2, 0.25) is 0 Å². The van der Waals surface area contributed by atoms with E-state index in [1.165, 1.54) is 12.8 Å². The van der Waals surface area contributed by atoms with Crippen LogP contribution in [0.4, 0.5) is 11.5 Å².